The van der Waals surface area contributed by atoms with Crippen LogP contribution in [-0.2, 0) is 15.5 Å². The first-order chi connectivity index (χ1) is 8.44. The smallest absolute Gasteiger partial charge is 0.233 e. The number of furan rings is 1. The van der Waals surface area contributed by atoms with E-state index in [1.807, 2.05) is 37.3 Å². The summed E-state index contributed by atoms with van der Waals surface area (Å²) in [6, 6.07) is 11.5. The van der Waals surface area contributed by atoms with Crippen LogP contribution in [0.3, 0.4) is 0 Å². The van der Waals surface area contributed by atoms with Crippen molar-refractivity contribution in [3.05, 3.63) is 47.7 Å². The fourth-order valence-corrected chi connectivity index (χ4v) is 2.28. The van der Waals surface area contributed by atoms with Gasteiger partial charge in [0.2, 0.25) is 9.05 Å². The third-order valence-electron chi connectivity index (χ3n) is 2.59. The van der Waals surface area contributed by atoms with E-state index in [2.05, 4.69) is 0 Å². The van der Waals surface area contributed by atoms with E-state index in [0.29, 0.717) is 5.76 Å². The van der Waals surface area contributed by atoms with Gasteiger partial charge in [0.05, 0.1) is 5.75 Å². The lowest BCUT2D eigenvalue weighted by Crippen LogP contribution is -1.99. The van der Waals surface area contributed by atoms with Gasteiger partial charge >= 0.3 is 0 Å². The molecule has 0 saturated carbocycles. The van der Waals surface area contributed by atoms with Gasteiger partial charge in [0.25, 0.3) is 0 Å². The molecule has 0 amide bonds. The van der Waals surface area contributed by atoms with Gasteiger partial charge in [0, 0.05) is 22.7 Å². The van der Waals surface area contributed by atoms with Crippen molar-refractivity contribution < 1.29 is 12.8 Å². The molecule has 0 fully saturated rings. The van der Waals surface area contributed by atoms with Crippen LogP contribution in [0.1, 0.15) is 11.3 Å². The molecule has 0 aliphatic carbocycles. The van der Waals surface area contributed by atoms with Gasteiger partial charge in [0.1, 0.15) is 11.5 Å². The molecule has 0 unspecified atom stereocenters. The predicted octanol–water partition coefficient (Wildman–Crippen LogP) is 3.37. The van der Waals surface area contributed by atoms with Crippen LogP contribution in [0, 0.1) is 6.92 Å². The Labute approximate surface area is 111 Å². The van der Waals surface area contributed by atoms with Crippen molar-refractivity contribution in [3.8, 4) is 11.3 Å². The molecule has 5 heteroatoms. The number of halogens is 1. The van der Waals surface area contributed by atoms with E-state index in [-0.39, 0.29) is 12.2 Å². The maximum Gasteiger partial charge on any atom is 0.233 e. The van der Waals surface area contributed by atoms with Gasteiger partial charge in [-0.05, 0) is 19.1 Å². The summed E-state index contributed by atoms with van der Waals surface area (Å²) in [6.45, 7) is 2.02. The molecule has 1 heterocycles. The molecule has 1 aromatic heterocycles. The second-order valence-electron chi connectivity index (χ2n) is 4.12. The Hall–Kier alpha value is -1.26. The summed E-state index contributed by atoms with van der Waals surface area (Å²) < 4.78 is 27.3. The highest BCUT2D eigenvalue weighted by molar-refractivity contribution is 8.13. The maximum absolute atomic E-state index is 10.8. The Morgan fingerprint density at radius 1 is 1.11 bits per heavy atom. The van der Waals surface area contributed by atoms with E-state index in [1.54, 1.807) is 6.07 Å². The van der Waals surface area contributed by atoms with Crippen LogP contribution < -0.4 is 0 Å². The van der Waals surface area contributed by atoms with Gasteiger partial charge in [-0.3, -0.25) is 0 Å². The van der Waals surface area contributed by atoms with E-state index in [1.165, 1.54) is 5.56 Å². The van der Waals surface area contributed by atoms with E-state index in [4.69, 9.17) is 15.1 Å². The van der Waals surface area contributed by atoms with Crippen molar-refractivity contribution in [1.82, 2.24) is 0 Å². The quantitative estimate of drug-likeness (QED) is 0.809. The summed E-state index contributed by atoms with van der Waals surface area (Å²) >= 11 is 0. The fourth-order valence-electron chi connectivity index (χ4n) is 1.61. The lowest BCUT2D eigenvalue weighted by atomic mass is 10.1. The lowest BCUT2D eigenvalue weighted by Gasteiger charge is -1.98. The number of benzene rings is 1. The van der Waals surface area contributed by atoms with Crippen LogP contribution in [0.4, 0.5) is 0 Å². The Morgan fingerprint density at radius 3 is 2.39 bits per heavy atom. The Bertz CT molecular complexity index is 627. The Morgan fingerprint density at radius 2 is 1.78 bits per heavy atom. The van der Waals surface area contributed by atoms with Crippen molar-refractivity contribution in [3.63, 3.8) is 0 Å². The molecule has 0 saturated heterocycles. The standard InChI is InChI=1S/C13H13ClO3S/c1-10-2-4-11(5-3-10)13-7-6-12(17-13)8-9-18(14,15)16/h2-7H,8-9H2,1H3. The van der Waals surface area contributed by atoms with Crippen LogP contribution in [0.2, 0.25) is 0 Å². The average Bonchev–Trinajstić information content (AvgIpc) is 2.75. The van der Waals surface area contributed by atoms with E-state index in [0.717, 1.165) is 11.3 Å². The van der Waals surface area contributed by atoms with Gasteiger partial charge in [-0.25, -0.2) is 8.42 Å². The summed E-state index contributed by atoms with van der Waals surface area (Å²) in [4.78, 5) is 0. The molecule has 0 radical (unpaired) electrons. The molecular formula is C13H13ClO3S. The summed E-state index contributed by atoms with van der Waals surface area (Å²) in [5.74, 6) is 1.24. The van der Waals surface area contributed by atoms with Crippen LogP contribution in [0.5, 0.6) is 0 Å². The number of rotatable bonds is 4. The van der Waals surface area contributed by atoms with Crippen molar-refractivity contribution in [1.29, 1.82) is 0 Å². The molecule has 0 bridgehead atoms. The minimum absolute atomic E-state index is 0.116. The highest BCUT2D eigenvalue weighted by atomic mass is 35.7. The average molecular weight is 285 g/mol. The number of hydrogen-bond donors (Lipinski definition) is 0. The van der Waals surface area contributed by atoms with E-state index >= 15 is 0 Å². The number of hydrogen-bond acceptors (Lipinski definition) is 3. The van der Waals surface area contributed by atoms with Gasteiger partial charge in [-0.2, -0.15) is 0 Å². The monoisotopic (exact) mass is 284 g/mol. The van der Waals surface area contributed by atoms with Crippen LogP contribution in [0.15, 0.2) is 40.8 Å². The molecule has 18 heavy (non-hydrogen) atoms. The molecule has 2 aromatic rings. The highest BCUT2D eigenvalue weighted by Crippen LogP contribution is 2.23. The highest BCUT2D eigenvalue weighted by Gasteiger charge is 2.09. The van der Waals surface area contributed by atoms with Crippen molar-refractivity contribution >= 4 is 19.7 Å². The SMILES string of the molecule is Cc1ccc(-c2ccc(CCS(=O)(=O)Cl)o2)cc1. The Balaban J connectivity index is 2.13. The first kappa shape index (κ1) is 13.2. The zero-order valence-corrected chi connectivity index (χ0v) is 11.5. The van der Waals surface area contributed by atoms with Crippen LogP contribution in [0.25, 0.3) is 11.3 Å². The minimum atomic E-state index is -3.47. The Kier molecular flexibility index (Phi) is 3.78. The fraction of sp³-hybridized carbons (Fsp3) is 0.231. The van der Waals surface area contributed by atoms with Gasteiger partial charge in [-0.15, -0.1) is 0 Å². The van der Waals surface area contributed by atoms with Gasteiger partial charge < -0.3 is 4.42 Å². The first-order valence-electron chi connectivity index (χ1n) is 5.52. The lowest BCUT2D eigenvalue weighted by molar-refractivity contribution is 0.527. The summed E-state index contributed by atoms with van der Waals surface area (Å²) in [5, 5.41) is 0. The molecule has 3 nitrogen and oxygen atoms in total. The van der Waals surface area contributed by atoms with Crippen molar-refractivity contribution in [2.75, 3.05) is 5.75 Å². The van der Waals surface area contributed by atoms with E-state index < -0.39 is 9.05 Å². The zero-order chi connectivity index (χ0) is 13.2. The molecule has 0 N–H and O–H groups in total. The largest absolute Gasteiger partial charge is 0.461 e. The third kappa shape index (κ3) is 3.62. The number of aryl methyl sites for hydroxylation is 2. The normalized spacial score (nSPS) is 11.7. The first-order valence-corrected chi connectivity index (χ1v) is 8.00. The van der Waals surface area contributed by atoms with E-state index in [9.17, 15) is 8.42 Å². The molecular weight excluding hydrogens is 272 g/mol. The molecule has 1 aromatic carbocycles. The van der Waals surface area contributed by atoms with Crippen LogP contribution in [-0.4, -0.2) is 14.2 Å². The van der Waals surface area contributed by atoms with Gasteiger partial charge in [-0.1, -0.05) is 29.8 Å². The summed E-state index contributed by atoms with van der Waals surface area (Å²) in [7, 11) is 1.68. The van der Waals surface area contributed by atoms with Gasteiger partial charge in [0.15, 0.2) is 0 Å². The van der Waals surface area contributed by atoms with Crippen molar-refractivity contribution in [2.24, 2.45) is 0 Å². The summed E-state index contributed by atoms with van der Waals surface area (Å²) in [6.07, 6.45) is 0.289. The molecule has 0 aliphatic heterocycles. The maximum atomic E-state index is 10.8. The molecule has 0 spiro atoms. The summed E-state index contributed by atoms with van der Waals surface area (Å²) in [5.41, 5.74) is 2.15. The van der Waals surface area contributed by atoms with Crippen molar-refractivity contribution in [2.45, 2.75) is 13.3 Å². The second-order valence-corrected chi connectivity index (χ2v) is 7.02. The zero-order valence-electron chi connectivity index (χ0n) is 9.89. The second kappa shape index (κ2) is 5.16. The minimum Gasteiger partial charge on any atom is -0.461 e. The topological polar surface area (TPSA) is 47.3 Å². The predicted molar refractivity (Wildman–Crippen MR) is 72.2 cm³/mol. The molecule has 0 atom stereocenters. The molecule has 2 rings (SSSR count). The molecule has 96 valence electrons. The van der Waals surface area contributed by atoms with Crippen LogP contribution >= 0.6 is 10.7 Å². The molecule has 0 aliphatic rings. The third-order valence-corrected chi connectivity index (χ3v) is 3.74.